The van der Waals surface area contributed by atoms with E-state index in [1.165, 1.54) is 25.7 Å². The molecule has 3 nitrogen and oxygen atoms in total. The molecule has 0 amide bonds. The molecule has 2 atom stereocenters. The SMILES string of the molecule is CCC1CCC(c2nccc(CNC(C)(C)C)n2)C1. The molecule has 0 spiro atoms. The van der Waals surface area contributed by atoms with Crippen LogP contribution in [0.5, 0.6) is 0 Å². The summed E-state index contributed by atoms with van der Waals surface area (Å²) in [6.45, 7) is 9.65. The molecule has 0 aromatic carbocycles. The van der Waals surface area contributed by atoms with Crippen LogP contribution in [0, 0.1) is 5.92 Å². The number of nitrogens with zero attached hydrogens (tertiary/aromatic N) is 2. The summed E-state index contributed by atoms with van der Waals surface area (Å²) in [5.41, 5.74) is 1.24. The van der Waals surface area contributed by atoms with Crippen molar-refractivity contribution in [3.05, 3.63) is 23.8 Å². The highest BCUT2D eigenvalue weighted by molar-refractivity contribution is 5.07. The molecule has 0 aliphatic heterocycles. The van der Waals surface area contributed by atoms with Gasteiger partial charge in [0.15, 0.2) is 0 Å². The average Bonchev–Trinajstić information content (AvgIpc) is 2.85. The number of aromatic nitrogens is 2. The molecule has 1 fully saturated rings. The molecule has 0 radical (unpaired) electrons. The van der Waals surface area contributed by atoms with Gasteiger partial charge in [-0.15, -0.1) is 0 Å². The van der Waals surface area contributed by atoms with Crippen LogP contribution in [0.2, 0.25) is 0 Å². The fraction of sp³-hybridized carbons (Fsp3) is 0.750. The van der Waals surface area contributed by atoms with Crippen molar-refractivity contribution in [2.24, 2.45) is 5.92 Å². The van der Waals surface area contributed by atoms with Crippen molar-refractivity contribution in [3.63, 3.8) is 0 Å². The predicted molar refractivity (Wildman–Crippen MR) is 79.0 cm³/mol. The highest BCUT2D eigenvalue weighted by Gasteiger charge is 2.26. The zero-order chi connectivity index (χ0) is 13.9. The molecule has 1 aromatic heterocycles. The highest BCUT2D eigenvalue weighted by atomic mass is 15.0. The van der Waals surface area contributed by atoms with Crippen molar-refractivity contribution in [3.8, 4) is 0 Å². The van der Waals surface area contributed by atoms with Crippen molar-refractivity contribution in [2.45, 2.75) is 71.4 Å². The van der Waals surface area contributed by atoms with Crippen molar-refractivity contribution >= 4 is 0 Å². The van der Waals surface area contributed by atoms with E-state index in [2.05, 4.69) is 38.0 Å². The molecule has 2 rings (SSSR count). The van der Waals surface area contributed by atoms with Crippen LogP contribution in [0.4, 0.5) is 0 Å². The van der Waals surface area contributed by atoms with Gasteiger partial charge in [-0.05, 0) is 52.0 Å². The molecule has 1 aliphatic carbocycles. The molecule has 0 saturated heterocycles. The standard InChI is InChI=1S/C16H27N3/c1-5-12-6-7-13(10-12)15-17-9-8-14(19-15)11-18-16(2,3)4/h8-9,12-13,18H,5-7,10-11H2,1-4H3. The monoisotopic (exact) mass is 261 g/mol. The largest absolute Gasteiger partial charge is 0.306 e. The first-order valence-electron chi connectivity index (χ1n) is 7.55. The van der Waals surface area contributed by atoms with E-state index in [0.29, 0.717) is 5.92 Å². The van der Waals surface area contributed by atoms with E-state index < -0.39 is 0 Å². The lowest BCUT2D eigenvalue weighted by Gasteiger charge is -2.20. The third-order valence-electron chi connectivity index (χ3n) is 4.02. The van der Waals surface area contributed by atoms with Crippen molar-refractivity contribution in [2.75, 3.05) is 0 Å². The first kappa shape index (κ1) is 14.4. The smallest absolute Gasteiger partial charge is 0.131 e. The summed E-state index contributed by atoms with van der Waals surface area (Å²) in [5.74, 6) is 2.52. The minimum Gasteiger partial charge on any atom is -0.306 e. The van der Waals surface area contributed by atoms with Gasteiger partial charge in [-0.1, -0.05) is 13.3 Å². The van der Waals surface area contributed by atoms with E-state index in [0.717, 1.165) is 24.0 Å². The van der Waals surface area contributed by atoms with Crippen LogP contribution >= 0.6 is 0 Å². The molecular formula is C16H27N3. The van der Waals surface area contributed by atoms with Gasteiger partial charge in [0.2, 0.25) is 0 Å². The Labute approximate surface area is 117 Å². The minimum absolute atomic E-state index is 0.131. The van der Waals surface area contributed by atoms with Gasteiger partial charge in [-0.3, -0.25) is 0 Å². The molecule has 1 aliphatic rings. The molecule has 19 heavy (non-hydrogen) atoms. The van der Waals surface area contributed by atoms with Crippen LogP contribution in [-0.4, -0.2) is 15.5 Å². The van der Waals surface area contributed by atoms with E-state index >= 15 is 0 Å². The van der Waals surface area contributed by atoms with E-state index in [-0.39, 0.29) is 5.54 Å². The third kappa shape index (κ3) is 4.27. The van der Waals surface area contributed by atoms with Crippen LogP contribution < -0.4 is 5.32 Å². The van der Waals surface area contributed by atoms with Gasteiger partial charge in [0.05, 0.1) is 5.69 Å². The minimum atomic E-state index is 0.131. The Morgan fingerprint density at radius 1 is 1.32 bits per heavy atom. The lowest BCUT2D eigenvalue weighted by atomic mass is 10.0. The summed E-state index contributed by atoms with van der Waals surface area (Å²) >= 11 is 0. The van der Waals surface area contributed by atoms with Gasteiger partial charge in [-0.2, -0.15) is 0 Å². The second-order valence-electron chi connectivity index (χ2n) is 6.79. The van der Waals surface area contributed by atoms with Crippen LogP contribution in [0.1, 0.15) is 70.8 Å². The maximum atomic E-state index is 4.75. The van der Waals surface area contributed by atoms with Gasteiger partial charge >= 0.3 is 0 Å². The summed E-state index contributed by atoms with van der Waals surface area (Å²) in [7, 11) is 0. The molecular weight excluding hydrogens is 234 g/mol. The zero-order valence-electron chi connectivity index (χ0n) is 12.7. The maximum Gasteiger partial charge on any atom is 0.131 e. The van der Waals surface area contributed by atoms with E-state index in [1.54, 1.807) is 0 Å². The fourth-order valence-corrected chi connectivity index (χ4v) is 2.74. The van der Waals surface area contributed by atoms with Gasteiger partial charge in [0.1, 0.15) is 5.82 Å². The molecule has 1 aromatic rings. The first-order chi connectivity index (χ1) is 8.98. The van der Waals surface area contributed by atoms with E-state index in [4.69, 9.17) is 4.98 Å². The Bertz CT molecular complexity index is 409. The molecule has 1 N–H and O–H groups in total. The Hall–Kier alpha value is -0.960. The topological polar surface area (TPSA) is 37.8 Å². The molecule has 106 valence electrons. The maximum absolute atomic E-state index is 4.75. The normalized spacial score (nSPS) is 23.8. The Balaban J connectivity index is 1.99. The second-order valence-corrected chi connectivity index (χ2v) is 6.79. The van der Waals surface area contributed by atoms with Crippen LogP contribution in [-0.2, 0) is 6.54 Å². The summed E-state index contributed by atoms with van der Waals surface area (Å²) in [6.07, 6.45) is 7.08. The van der Waals surface area contributed by atoms with E-state index in [9.17, 15) is 0 Å². The van der Waals surface area contributed by atoms with Crippen LogP contribution in [0.3, 0.4) is 0 Å². The number of nitrogens with one attached hydrogen (secondary N) is 1. The lowest BCUT2D eigenvalue weighted by Crippen LogP contribution is -2.35. The van der Waals surface area contributed by atoms with Gasteiger partial charge in [0, 0.05) is 24.2 Å². The van der Waals surface area contributed by atoms with E-state index in [1.807, 2.05) is 12.3 Å². The molecule has 3 heteroatoms. The summed E-state index contributed by atoms with van der Waals surface area (Å²) in [6, 6.07) is 2.02. The summed E-state index contributed by atoms with van der Waals surface area (Å²) in [4.78, 5) is 9.25. The van der Waals surface area contributed by atoms with Crippen molar-refractivity contribution < 1.29 is 0 Å². The molecule has 0 bridgehead atoms. The summed E-state index contributed by atoms with van der Waals surface area (Å²) in [5, 5.41) is 3.49. The third-order valence-corrected chi connectivity index (χ3v) is 4.02. The Morgan fingerprint density at radius 2 is 2.11 bits per heavy atom. The van der Waals surface area contributed by atoms with Crippen LogP contribution in [0.25, 0.3) is 0 Å². The summed E-state index contributed by atoms with van der Waals surface area (Å²) < 4.78 is 0. The van der Waals surface area contributed by atoms with Gasteiger partial charge < -0.3 is 5.32 Å². The van der Waals surface area contributed by atoms with Crippen molar-refractivity contribution in [1.82, 2.24) is 15.3 Å². The molecule has 2 unspecified atom stereocenters. The quantitative estimate of drug-likeness (QED) is 0.899. The van der Waals surface area contributed by atoms with Gasteiger partial charge in [-0.25, -0.2) is 9.97 Å². The number of hydrogen-bond acceptors (Lipinski definition) is 3. The number of rotatable bonds is 4. The lowest BCUT2D eigenvalue weighted by molar-refractivity contribution is 0.420. The Morgan fingerprint density at radius 3 is 2.74 bits per heavy atom. The average molecular weight is 261 g/mol. The van der Waals surface area contributed by atoms with Gasteiger partial charge in [0.25, 0.3) is 0 Å². The highest BCUT2D eigenvalue weighted by Crippen LogP contribution is 2.38. The number of hydrogen-bond donors (Lipinski definition) is 1. The molecule has 1 heterocycles. The van der Waals surface area contributed by atoms with Crippen LogP contribution in [0.15, 0.2) is 12.3 Å². The fourth-order valence-electron chi connectivity index (χ4n) is 2.74. The second kappa shape index (κ2) is 6.00. The molecule has 1 saturated carbocycles. The zero-order valence-corrected chi connectivity index (χ0v) is 12.7. The van der Waals surface area contributed by atoms with Crippen molar-refractivity contribution in [1.29, 1.82) is 0 Å². The first-order valence-corrected chi connectivity index (χ1v) is 7.55. The Kier molecular flexibility index (Phi) is 4.56. The predicted octanol–water partition coefficient (Wildman–Crippen LogP) is 3.66.